The van der Waals surface area contributed by atoms with Crippen LogP contribution in [0.2, 0.25) is 0 Å². The van der Waals surface area contributed by atoms with Gasteiger partial charge in [0.15, 0.2) is 0 Å². The lowest BCUT2D eigenvalue weighted by atomic mass is 10.2. The lowest BCUT2D eigenvalue weighted by Crippen LogP contribution is -2.29. The molecule has 7 heteroatoms. The quantitative estimate of drug-likeness (QED) is 0.680. The van der Waals surface area contributed by atoms with Gasteiger partial charge in [0, 0.05) is 25.2 Å². The summed E-state index contributed by atoms with van der Waals surface area (Å²) in [4.78, 5) is 12.4. The zero-order chi connectivity index (χ0) is 18.3. The molecule has 1 N–H and O–H groups in total. The van der Waals surface area contributed by atoms with E-state index in [2.05, 4.69) is 12.2 Å². The zero-order valence-corrected chi connectivity index (χ0v) is 15.9. The molecule has 0 spiro atoms. The molecule has 0 unspecified atom stereocenters. The number of hydrogen-bond acceptors (Lipinski definition) is 4. The molecule has 2 rings (SSSR count). The fraction of sp³-hybridized carbons (Fsp3) is 0.611. The van der Waals surface area contributed by atoms with Crippen LogP contribution in [0.5, 0.6) is 5.75 Å². The molecule has 1 aromatic carbocycles. The molecule has 0 radical (unpaired) electrons. The summed E-state index contributed by atoms with van der Waals surface area (Å²) in [6, 6.07) is 4.63. The van der Waals surface area contributed by atoms with Gasteiger partial charge in [-0.05, 0) is 44.4 Å². The highest BCUT2D eigenvalue weighted by Crippen LogP contribution is 2.30. The topological polar surface area (TPSA) is 75.7 Å². The second-order valence-corrected chi connectivity index (χ2v) is 8.08. The smallest absolute Gasteiger partial charge is 0.251 e. The number of sulfonamides is 1. The third-order valence-corrected chi connectivity index (χ3v) is 6.17. The van der Waals surface area contributed by atoms with Crippen molar-refractivity contribution in [2.45, 2.75) is 50.8 Å². The van der Waals surface area contributed by atoms with Crippen LogP contribution in [-0.2, 0) is 10.0 Å². The number of carbonyl (C=O) groups is 1. The molecule has 1 aliphatic heterocycles. The van der Waals surface area contributed by atoms with Crippen LogP contribution in [0.1, 0.15) is 56.3 Å². The molecule has 1 aromatic rings. The second-order valence-electron chi connectivity index (χ2n) is 6.17. The fourth-order valence-corrected chi connectivity index (χ4v) is 4.55. The molecule has 6 nitrogen and oxygen atoms in total. The van der Waals surface area contributed by atoms with Crippen LogP contribution < -0.4 is 10.1 Å². The average Bonchev–Trinajstić information content (AvgIpc) is 3.14. The zero-order valence-electron chi connectivity index (χ0n) is 15.1. The minimum atomic E-state index is -3.65. The van der Waals surface area contributed by atoms with Gasteiger partial charge in [0.1, 0.15) is 10.6 Å². The van der Waals surface area contributed by atoms with Gasteiger partial charge in [0.2, 0.25) is 10.0 Å². The van der Waals surface area contributed by atoms with Crippen molar-refractivity contribution in [3.05, 3.63) is 23.8 Å². The lowest BCUT2D eigenvalue weighted by molar-refractivity contribution is 0.0952. The van der Waals surface area contributed by atoms with E-state index in [9.17, 15) is 13.2 Å². The Labute approximate surface area is 150 Å². The minimum Gasteiger partial charge on any atom is -0.492 e. The third-order valence-electron chi connectivity index (χ3n) is 4.25. The summed E-state index contributed by atoms with van der Waals surface area (Å²) in [6.45, 7) is 5.90. The monoisotopic (exact) mass is 368 g/mol. The van der Waals surface area contributed by atoms with Crippen molar-refractivity contribution >= 4 is 15.9 Å². The van der Waals surface area contributed by atoms with Crippen LogP contribution >= 0.6 is 0 Å². The van der Waals surface area contributed by atoms with Crippen molar-refractivity contribution < 1.29 is 17.9 Å². The predicted octanol–water partition coefficient (Wildman–Crippen LogP) is 2.79. The van der Waals surface area contributed by atoms with Crippen molar-refractivity contribution in [3.8, 4) is 5.75 Å². The molecule has 0 aromatic heterocycles. The summed E-state index contributed by atoms with van der Waals surface area (Å²) in [5, 5.41) is 2.85. The second kappa shape index (κ2) is 9.20. The SMILES string of the molecule is CCCCCNC(=O)c1ccc(OCC)c(S(=O)(=O)N2CCCC2)c1. The number of hydrogen-bond donors (Lipinski definition) is 1. The number of amides is 1. The standard InChI is InChI=1S/C18H28N2O4S/c1-3-5-6-11-19-18(21)15-9-10-16(24-4-2)17(14-15)25(22,23)20-12-7-8-13-20/h9-10,14H,3-8,11-13H2,1-2H3,(H,19,21). The van der Waals surface area contributed by atoms with Crippen LogP contribution in [0, 0.1) is 0 Å². The normalized spacial score (nSPS) is 15.3. The molecule has 1 saturated heterocycles. The van der Waals surface area contributed by atoms with E-state index in [0.29, 0.717) is 37.6 Å². The number of nitrogens with zero attached hydrogens (tertiary/aromatic N) is 1. The predicted molar refractivity (Wildman–Crippen MR) is 97.5 cm³/mol. The first-order valence-electron chi connectivity index (χ1n) is 9.06. The van der Waals surface area contributed by atoms with E-state index in [1.807, 2.05) is 0 Å². The number of carbonyl (C=O) groups excluding carboxylic acids is 1. The van der Waals surface area contributed by atoms with E-state index in [4.69, 9.17) is 4.74 Å². The first-order valence-corrected chi connectivity index (χ1v) is 10.5. The number of rotatable bonds is 9. The van der Waals surface area contributed by atoms with Crippen LogP contribution in [0.4, 0.5) is 0 Å². The molecular weight excluding hydrogens is 340 g/mol. The molecule has 0 atom stereocenters. The molecule has 0 aliphatic carbocycles. The first kappa shape index (κ1) is 19.7. The van der Waals surface area contributed by atoms with Gasteiger partial charge in [-0.1, -0.05) is 19.8 Å². The van der Waals surface area contributed by atoms with Crippen LogP contribution in [0.25, 0.3) is 0 Å². The summed E-state index contributed by atoms with van der Waals surface area (Å²) >= 11 is 0. The molecule has 1 fully saturated rings. The van der Waals surface area contributed by atoms with Gasteiger partial charge < -0.3 is 10.1 Å². The Morgan fingerprint density at radius 3 is 2.56 bits per heavy atom. The van der Waals surface area contributed by atoms with Gasteiger partial charge in [-0.2, -0.15) is 4.31 Å². The van der Waals surface area contributed by atoms with E-state index in [-0.39, 0.29) is 10.8 Å². The Kier molecular flexibility index (Phi) is 7.25. The molecule has 1 aliphatic rings. The van der Waals surface area contributed by atoms with E-state index in [1.54, 1.807) is 19.1 Å². The van der Waals surface area contributed by atoms with E-state index in [0.717, 1.165) is 32.1 Å². The molecule has 0 saturated carbocycles. The fourth-order valence-electron chi connectivity index (χ4n) is 2.87. The maximum absolute atomic E-state index is 12.9. The highest BCUT2D eigenvalue weighted by molar-refractivity contribution is 7.89. The average molecular weight is 368 g/mol. The number of benzene rings is 1. The molecule has 25 heavy (non-hydrogen) atoms. The lowest BCUT2D eigenvalue weighted by Gasteiger charge is -2.19. The van der Waals surface area contributed by atoms with Gasteiger partial charge in [-0.25, -0.2) is 8.42 Å². The highest BCUT2D eigenvalue weighted by atomic mass is 32.2. The molecule has 1 amide bonds. The first-order chi connectivity index (χ1) is 12.0. The molecular formula is C18H28N2O4S. The maximum Gasteiger partial charge on any atom is 0.251 e. The summed E-state index contributed by atoms with van der Waals surface area (Å²) in [5.41, 5.74) is 0.345. The number of unbranched alkanes of at least 4 members (excludes halogenated alkanes) is 2. The summed E-state index contributed by atoms with van der Waals surface area (Å²) in [5.74, 6) is 0.0500. The Balaban J connectivity index is 2.25. The van der Waals surface area contributed by atoms with Crippen molar-refractivity contribution in [2.24, 2.45) is 0 Å². The third kappa shape index (κ3) is 4.95. The van der Waals surface area contributed by atoms with Gasteiger partial charge >= 0.3 is 0 Å². The minimum absolute atomic E-state index is 0.0810. The summed E-state index contributed by atoms with van der Waals surface area (Å²) in [7, 11) is -3.65. The Hall–Kier alpha value is -1.60. The van der Waals surface area contributed by atoms with Crippen molar-refractivity contribution in [1.82, 2.24) is 9.62 Å². The van der Waals surface area contributed by atoms with E-state index >= 15 is 0 Å². The number of ether oxygens (including phenoxy) is 1. The van der Waals surface area contributed by atoms with E-state index < -0.39 is 10.0 Å². The highest BCUT2D eigenvalue weighted by Gasteiger charge is 2.30. The Bertz CT molecular complexity index is 682. The van der Waals surface area contributed by atoms with Crippen molar-refractivity contribution in [2.75, 3.05) is 26.2 Å². The molecule has 0 bridgehead atoms. The summed E-state index contributed by atoms with van der Waals surface area (Å²) < 4.78 is 32.8. The van der Waals surface area contributed by atoms with Gasteiger partial charge in [-0.3, -0.25) is 4.79 Å². The van der Waals surface area contributed by atoms with Crippen LogP contribution in [0.15, 0.2) is 23.1 Å². The van der Waals surface area contributed by atoms with Crippen LogP contribution in [0.3, 0.4) is 0 Å². The van der Waals surface area contributed by atoms with Gasteiger partial charge in [0.25, 0.3) is 5.91 Å². The van der Waals surface area contributed by atoms with Gasteiger partial charge in [-0.15, -0.1) is 0 Å². The largest absolute Gasteiger partial charge is 0.492 e. The molecule has 1 heterocycles. The van der Waals surface area contributed by atoms with Gasteiger partial charge in [0.05, 0.1) is 6.61 Å². The number of nitrogens with one attached hydrogen (secondary N) is 1. The molecule has 140 valence electrons. The van der Waals surface area contributed by atoms with Crippen molar-refractivity contribution in [1.29, 1.82) is 0 Å². The summed E-state index contributed by atoms with van der Waals surface area (Å²) in [6.07, 6.45) is 4.77. The van der Waals surface area contributed by atoms with E-state index in [1.165, 1.54) is 10.4 Å². The Morgan fingerprint density at radius 1 is 1.20 bits per heavy atom. The van der Waals surface area contributed by atoms with Crippen molar-refractivity contribution in [3.63, 3.8) is 0 Å². The van der Waals surface area contributed by atoms with Crippen LogP contribution in [-0.4, -0.2) is 44.9 Å². The maximum atomic E-state index is 12.9. The Morgan fingerprint density at radius 2 is 1.92 bits per heavy atom.